The van der Waals surface area contributed by atoms with Crippen LogP contribution >= 0.6 is 0 Å². The third-order valence-corrected chi connectivity index (χ3v) is 4.36. The highest BCUT2D eigenvalue weighted by atomic mass is 16.2. The Morgan fingerprint density at radius 3 is 2.46 bits per heavy atom. The van der Waals surface area contributed by atoms with Crippen LogP contribution < -0.4 is 0 Å². The normalized spacial score (nSPS) is 11.3. The molecule has 0 saturated carbocycles. The van der Waals surface area contributed by atoms with Gasteiger partial charge < -0.3 is 5.11 Å². The Morgan fingerprint density at radius 1 is 1.04 bits per heavy atom. The zero-order chi connectivity index (χ0) is 17.1. The van der Waals surface area contributed by atoms with E-state index in [1.54, 1.807) is 0 Å². The first-order valence-electron chi connectivity index (χ1n) is 8.69. The highest BCUT2D eigenvalue weighted by Crippen LogP contribution is 2.25. The molecule has 3 rings (SSSR count). The van der Waals surface area contributed by atoms with E-state index in [9.17, 15) is 0 Å². The van der Waals surface area contributed by atoms with Gasteiger partial charge in [0, 0.05) is 24.4 Å². The monoisotopic (exact) mass is 323 g/mol. The molecule has 0 radical (unpaired) electrons. The number of benzene rings is 1. The predicted octanol–water partition coefficient (Wildman–Crippen LogP) is 3.91. The van der Waals surface area contributed by atoms with Crippen LogP contribution in [-0.2, 0) is 12.8 Å². The maximum atomic E-state index is 9.09. The molecule has 4 heteroatoms. The van der Waals surface area contributed by atoms with E-state index in [1.165, 1.54) is 0 Å². The number of nitrogens with zero attached hydrogens (tertiary/aromatic N) is 3. The lowest BCUT2D eigenvalue weighted by molar-refractivity contribution is 0.299. The molecule has 2 aromatic heterocycles. The lowest BCUT2D eigenvalue weighted by atomic mass is 10.1. The summed E-state index contributed by atoms with van der Waals surface area (Å²) in [5.41, 5.74) is 6.38. The number of rotatable bonds is 6. The Hall–Kier alpha value is -2.20. The summed E-state index contributed by atoms with van der Waals surface area (Å²) in [7, 11) is 0. The third kappa shape index (κ3) is 3.20. The summed E-state index contributed by atoms with van der Waals surface area (Å²) < 4.78 is 2.26. The van der Waals surface area contributed by atoms with Crippen molar-refractivity contribution in [2.45, 2.75) is 46.5 Å². The molecule has 126 valence electrons. The predicted molar refractivity (Wildman–Crippen MR) is 97.7 cm³/mol. The summed E-state index contributed by atoms with van der Waals surface area (Å²) >= 11 is 0. The molecule has 0 bridgehead atoms. The zero-order valence-electron chi connectivity index (χ0n) is 14.7. The van der Waals surface area contributed by atoms with Crippen LogP contribution in [0.2, 0.25) is 0 Å². The first kappa shape index (κ1) is 16.7. The highest BCUT2D eigenvalue weighted by molar-refractivity contribution is 5.80. The molecule has 0 atom stereocenters. The Bertz CT molecular complexity index is 834. The molecule has 0 aliphatic heterocycles. The Morgan fingerprint density at radius 2 is 1.79 bits per heavy atom. The molecular weight excluding hydrogens is 298 g/mol. The molecule has 3 aromatic rings. The van der Waals surface area contributed by atoms with Crippen LogP contribution in [0.3, 0.4) is 0 Å². The van der Waals surface area contributed by atoms with Crippen LogP contribution in [0.5, 0.6) is 0 Å². The number of aliphatic hydroxyl groups excluding tert-OH is 1. The van der Waals surface area contributed by atoms with Gasteiger partial charge in [0.15, 0.2) is 0 Å². The first-order chi connectivity index (χ1) is 11.6. The first-order valence-corrected chi connectivity index (χ1v) is 8.69. The zero-order valence-corrected chi connectivity index (χ0v) is 14.7. The summed E-state index contributed by atoms with van der Waals surface area (Å²) in [6.45, 7) is 6.44. The van der Waals surface area contributed by atoms with Crippen LogP contribution in [0.4, 0.5) is 0 Å². The van der Waals surface area contributed by atoms with Crippen LogP contribution in [0.25, 0.3) is 16.7 Å². The standard InChI is InChI=1S/C20H25N3O/c1-4-5-6-19-22-20-15(3)21-14(2)13-18(20)23(19)17-9-7-16(8-10-17)11-12-24/h7-10,13,24H,4-6,11-12H2,1-3H3. The summed E-state index contributed by atoms with van der Waals surface area (Å²) in [4.78, 5) is 9.45. The van der Waals surface area contributed by atoms with Crippen LogP contribution in [-0.4, -0.2) is 26.2 Å². The number of aromatic nitrogens is 3. The van der Waals surface area contributed by atoms with Crippen molar-refractivity contribution < 1.29 is 5.11 Å². The SMILES string of the molecule is CCCCc1nc2c(C)nc(C)cc2n1-c1ccc(CCO)cc1. The number of unbranched alkanes of at least 4 members (excludes halogenated alkanes) is 1. The molecule has 0 unspecified atom stereocenters. The van der Waals surface area contributed by atoms with Crippen molar-refractivity contribution in [1.29, 1.82) is 0 Å². The van der Waals surface area contributed by atoms with Gasteiger partial charge in [0.25, 0.3) is 0 Å². The molecule has 0 amide bonds. The largest absolute Gasteiger partial charge is 0.396 e. The Balaban J connectivity index is 2.15. The molecule has 0 saturated heterocycles. The summed E-state index contributed by atoms with van der Waals surface area (Å²) in [6, 6.07) is 10.5. The van der Waals surface area contributed by atoms with Crippen LogP contribution in [0.1, 0.15) is 42.5 Å². The number of pyridine rings is 1. The number of hydrogen-bond donors (Lipinski definition) is 1. The van der Waals surface area contributed by atoms with Crippen molar-refractivity contribution >= 4 is 11.0 Å². The number of aliphatic hydroxyl groups is 1. The van der Waals surface area contributed by atoms with Gasteiger partial charge in [-0.25, -0.2) is 4.98 Å². The quantitative estimate of drug-likeness (QED) is 0.748. The van der Waals surface area contributed by atoms with Gasteiger partial charge >= 0.3 is 0 Å². The van der Waals surface area contributed by atoms with Crippen molar-refractivity contribution in [3.8, 4) is 5.69 Å². The molecule has 0 aliphatic rings. The minimum absolute atomic E-state index is 0.180. The fourth-order valence-corrected chi connectivity index (χ4v) is 3.16. The second-order valence-corrected chi connectivity index (χ2v) is 6.32. The van der Waals surface area contributed by atoms with Gasteiger partial charge in [0.05, 0.1) is 11.2 Å². The van der Waals surface area contributed by atoms with Gasteiger partial charge in [-0.2, -0.15) is 0 Å². The van der Waals surface area contributed by atoms with E-state index in [-0.39, 0.29) is 6.61 Å². The van der Waals surface area contributed by atoms with Gasteiger partial charge in [-0.3, -0.25) is 9.55 Å². The Kier molecular flexibility index (Phi) is 4.95. The fraction of sp³-hybridized carbons (Fsp3) is 0.400. The van der Waals surface area contributed by atoms with Crippen molar-refractivity contribution in [2.24, 2.45) is 0 Å². The van der Waals surface area contributed by atoms with E-state index < -0.39 is 0 Å². The smallest absolute Gasteiger partial charge is 0.114 e. The van der Waals surface area contributed by atoms with Gasteiger partial charge in [0.1, 0.15) is 11.3 Å². The number of hydrogen-bond acceptors (Lipinski definition) is 3. The van der Waals surface area contributed by atoms with Crippen molar-refractivity contribution in [2.75, 3.05) is 6.61 Å². The molecule has 2 heterocycles. The topological polar surface area (TPSA) is 50.9 Å². The minimum atomic E-state index is 0.180. The molecular formula is C20H25N3O. The maximum absolute atomic E-state index is 9.09. The second kappa shape index (κ2) is 7.14. The van der Waals surface area contributed by atoms with Crippen LogP contribution in [0, 0.1) is 13.8 Å². The van der Waals surface area contributed by atoms with E-state index in [0.717, 1.165) is 58.8 Å². The fourth-order valence-electron chi connectivity index (χ4n) is 3.16. The molecule has 0 spiro atoms. The maximum Gasteiger partial charge on any atom is 0.114 e. The van der Waals surface area contributed by atoms with Gasteiger partial charge in [0.2, 0.25) is 0 Å². The van der Waals surface area contributed by atoms with Crippen molar-refractivity contribution in [1.82, 2.24) is 14.5 Å². The number of aryl methyl sites for hydroxylation is 3. The van der Waals surface area contributed by atoms with Crippen molar-refractivity contribution in [3.63, 3.8) is 0 Å². The van der Waals surface area contributed by atoms with Gasteiger partial charge in [-0.05, 0) is 50.5 Å². The lowest BCUT2D eigenvalue weighted by Crippen LogP contribution is -2.02. The van der Waals surface area contributed by atoms with Crippen molar-refractivity contribution in [3.05, 3.63) is 53.1 Å². The van der Waals surface area contributed by atoms with Gasteiger partial charge in [-0.1, -0.05) is 25.5 Å². The Labute approximate surface area is 143 Å². The molecule has 4 nitrogen and oxygen atoms in total. The highest BCUT2D eigenvalue weighted by Gasteiger charge is 2.15. The third-order valence-electron chi connectivity index (χ3n) is 4.36. The van der Waals surface area contributed by atoms with E-state index in [0.29, 0.717) is 6.42 Å². The van der Waals surface area contributed by atoms with E-state index >= 15 is 0 Å². The summed E-state index contributed by atoms with van der Waals surface area (Å²) in [5, 5.41) is 9.09. The van der Waals surface area contributed by atoms with E-state index in [4.69, 9.17) is 10.1 Å². The molecule has 1 aromatic carbocycles. The average Bonchev–Trinajstić information content (AvgIpc) is 2.92. The minimum Gasteiger partial charge on any atom is -0.396 e. The average molecular weight is 323 g/mol. The molecule has 24 heavy (non-hydrogen) atoms. The van der Waals surface area contributed by atoms with E-state index in [2.05, 4.69) is 46.8 Å². The van der Waals surface area contributed by atoms with Crippen LogP contribution in [0.15, 0.2) is 30.3 Å². The molecule has 0 fully saturated rings. The molecule has 0 aliphatic carbocycles. The number of imidazole rings is 1. The molecule has 1 N–H and O–H groups in total. The number of fused-ring (bicyclic) bond motifs is 1. The summed E-state index contributed by atoms with van der Waals surface area (Å²) in [5.74, 6) is 1.09. The lowest BCUT2D eigenvalue weighted by Gasteiger charge is -2.10. The van der Waals surface area contributed by atoms with E-state index in [1.807, 2.05) is 13.8 Å². The van der Waals surface area contributed by atoms with Gasteiger partial charge in [-0.15, -0.1) is 0 Å². The summed E-state index contributed by atoms with van der Waals surface area (Å²) in [6.07, 6.45) is 3.92. The second-order valence-electron chi connectivity index (χ2n) is 6.32.